The van der Waals surface area contributed by atoms with Crippen LogP contribution < -0.4 is 15.9 Å². The van der Waals surface area contributed by atoms with Crippen LogP contribution in [-0.2, 0) is 4.57 Å². The topological polar surface area (TPSA) is 68.9 Å². The Balaban J connectivity index is 0.890. The molecule has 5 nitrogen and oxygen atoms in total. The molecule has 0 saturated carbocycles. The van der Waals surface area contributed by atoms with Crippen molar-refractivity contribution in [3.63, 3.8) is 0 Å². The van der Waals surface area contributed by atoms with Crippen molar-refractivity contribution in [3.8, 4) is 78.7 Å². The van der Waals surface area contributed by atoms with Crippen molar-refractivity contribution < 1.29 is 8.98 Å². The highest BCUT2D eigenvalue weighted by Gasteiger charge is 2.30. The van der Waals surface area contributed by atoms with Gasteiger partial charge in [0.25, 0.3) is 0 Å². The van der Waals surface area contributed by atoms with Gasteiger partial charge in [0.15, 0.2) is 24.6 Å². The minimum Gasteiger partial charge on any atom is -0.455 e. The fraction of sp³-hybridized carbons (Fsp3) is 0. The highest BCUT2D eigenvalue weighted by atomic mass is 31.2. The summed E-state index contributed by atoms with van der Waals surface area (Å²) in [6.07, 6.45) is 0. The number of aromatic nitrogens is 3. The Kier molecular flexibility index (Phi) is 11.1. The number of hydrogen-bond acceptors (Lipinski definition) is 5. The first-order valence-corrected chi connectivity index (χ1v) is 26.1. The maximum Gasteiger partial charge on any atom is 0.171 e. The van der Waals surface area contributed by atoms with Crippen molar-refractivity contribution in [3.05, 3.63) is 267 Å². The third-order valence-electron chi connectivity index (χ3n) is 13.9. The molecule has 0 aliphatic heterocycles. The molecule has 0 aliphatic carbocycles. The highest BCUT2D eigenvalue weighted by molar-refractivity contribution is 7.85. The van der Waals surface area contributed by atoms with Crippen LogP contribution >= 0.6 is 7.14 Å². The summed E-state index contributed by atoms with van der Waals surface area (Å²) in [6, 6.07) is 91.0. The summed E-state index contributed by atoms with van der Waals surface area (Å²) in [7, 11) is -3.14. The lowest BCUT2D eigenvalue weighted by atomic mass is 9.93. The van der Waals surface area contributed by atoms with Gasteiger partial charge in [-0.05, 0) is 62.0 Å². The Labute approximate surface area is 423 Å². The molecule has 0 spiro atoms. The molecule has 0 N–H and O–H groups in total. The smallest absolute Gasteiger partial charge is 0.171 e. The van der Waals surface area contributed by atoms with Gasteiger partial charge in [0, 0.05) is 48.8 Å². The maximum atomic E-state index is 15.3. The predicted molar refractivity (Wildman–Crippen MR) is 302 cm³/mol. The van der Waals surface area contributed by atoms with Gasteiger partial charge in [0.05, 0.1) is 0 Å². The van der Waals surface area contributed by atoms with Gasteiger partial charge in [-0.2, -0.15) is 0 Å². The average molecular weight is 954 g/mol. The normalized spacial score (nSPS) is 11.6. The first-order valence-electron chi connectivity index (χ1n) is 24.4. The monoisotopic (exact) mass is 953 g/mol. The SMILES string of the molecule is O=P(c1ccccc1)(c1ccccc1)c1ccc(-c2cc3c(oc4cccc(-c5ccc(-c6nc(-c7ccc(-c8ccccc8)cc7)nc(-c7ccc(-c8ccccc8)cc7)n6)cc5)c43)c3ccccc23)cc1. The zero-order chi connectivity index (χ0) is 48.7. The maximum absolute atomic E-state index is 15.3. The van der Waals surface area contributed by atoms with Crippen LogP contribution in [-0.4, -0.2) is 15.0 Å². The molecule has 0 atom stereocenters. The van der Waals surface area contributed by atoms with Gasteiger partial charge in [0.1, 0.15) is 11.2 Å². The molecular weight excluding hydrogens is 910 g/mol. The summed E-state index contributed by atoms with van der Waals surface area (Å²) >= 11 is 0. The van der Waals surface area contributed by atoms with Gasteiger partial charge in [0.2, 0.25) is 0 Å². The van der Waals surface area contributed by atoms with E-state index in [2.05, 4.69) is 176 Å². The second kappa shape index (κ2) is 18.5. The second-order valence-electron chi connectivity index (χ2n) is 18.2. The molecule has 2 aromatic heterocycles. The zero-order valence-corrected chi connectivity index (χ0v) is 40.4. The molecule has 0 unspecified atom stereocenters. The van der Waals surface area contributed by atoms with E-state index in [0.717, 1.165) is 110 Å². The Morgan fingerprint density at radius 1 is 0.288 bits per heavy atom. The Morgan fingerprint density at radius 2 is 0.658 bits per heavy atom. The van der Waals surface area contributed by atoms with Crippen LogP contribution in [0.5, 0.6) is 0 Å². The lowest BCUT2D eigenvalue weighted by molar-refractivity contribution is 0.592. The van der Waals surface area contributed by atoms with Gasteiger partial charge >= 0.3 is 0 Å². The molecule has 2 heterocycles. The molecule has 11 aromatic carbocycles. The number of fused-ring (bicyclic) bond motifs is 5. The summed E-state index contributed by atoms with van der Waals surface area (Å²) in [5.41, 5.74) is 13.1. The van der Waals surface area contributed by atoms with E-state index in [1.807, 2.05) is 91.0 Å². The van der Waals surface area contributed by atoms with Crippen molar-refractivity contribution in [2.45, 2.75) is 0 Å². The van der Waals surface area contributed by atoms with E-state index >= 15 is 4.57 Å². The van der Waals surface area contributed by atoms with E-state index in [9.17, 15) is 0 Å². The highest BCUT2D eigenvalue weighted by Crippen LogP contribution is 2.45. The molecule has 0 amide bonds. The van der Waals surface area contributed by atoms with E-state index < -0.39 is 7.14 Å². The van der Waals surface area contributed by atoms with Crippen LogP contribution in [0.1, 0.15) is 0 Å². The van der Waals surface area contributed by atoms with Crippen LogP contribution in [0.3, 0.4) is 0 Å². The summed E-state index contributed by atoms with van der Waals surface area (Å²) in [5.74, 6) is 1.79. The molecule has 73 heavy (non-hydrogen) atoms. The third-order valence-corrected chi connectivity index (χ3v) is 17.0. The van der Waals surface area contributed by atoms with Crippen LogP contribution in [0.25, 0.3) is 111 Å². The number of nitrogens with zero attached hydrogens (tertiary/aromatic N) is 3. The van der Waals surface area contributed by atoms with Gasteiger partial charge in [-0.3, -0.25) is 0 Å². The zero-order valence-electron chi connectivity index (χ0n) is 39.5. The molecule has 13 rings (SSSR count). The van der Waals surface area contributed by atoms with Crippen molar-refractivity contribution in [1.82, 2.24) is 15.0 Å². The lowest BCUT2D eigenvalue weighted by Crippen LogP contribution is -2.24. The first-order chi connectivity index (χ1) is 36.0. The standard InChI is InChI=1S/C67H44N3O2P/c71-73(54-20-9-3-10-21-54,55-22-11-4-12-23-55)56-42-40-50(41-43-56)60-44-61-63-57(26-15-27-62(63)72-64(61)59-25-14-13-24-58(59)60)49-32-38-53(39-33-49)67-69-65(51-34-28-47(29-35-51)45-16-5-1-6-17-45)68-66(70-67)52-36-30-48(31-37-52)46-18-7-2-8-19-46/h1-44H. The van der Waals surface area contributed by atoms with Crippen LogP contribution in [0.4, 0.5) is 0 Å². The number of furan rings is 1. The minimum atomic E-state index is -3.14. The molecule has 0 saturated heterocycles. The molecule has 13 aromatic rings. The summed E-state index contributed by atoms with van der Waals surface area (Å²) < 4.78 is 22.1. The van der Waals surface area contributed by atoms with E-state index in [4.69, 9.17) is 19.4 Å². The predicted octanol–water partition coefficient (Wildman–Crippen LogP) is 16.2. The second-order valence-corrected chi connectivity index (χ2v) is 21.0. The molecule has 0 bridgehead atoms. The van der Waals surface area contributed by atoms with Crippen LogP contribution in [0.2, 0.25) is 0 Å². The lowest BCUT2D eigenvalue weighted by Gasteiger charge is -2.20. The molecule has 0 radical (unpaired) electrons. The quantitative estimate of drug-likeness (QED) is 0.128. The summed E-state index contributed by atoms with van der Waals surface area (Å²) in [5, 5.41) is 6.58. The minimum absolute atomic E-state index is 0.587. The van der Waals surface area contributed by atoms with Crippen molar-refractivity contribution in [2.75, 3.05) is 0 Å². The molecule has 6 heteroatoms. The van der Waals surface area contributed by atoms with Crippen LogP contribution in [0, 0.1) is 0 Å². The van der Waals surface area contributed by atoms with Crippen molar-refractivity contribution in [2.24, 2.45) is 0 Å². The molecule has 0 fully saturated rings. The van der Waals surface area contributed by atoms with E-state index in [-0.39, 0.29) is 0 Å². The Morgan fingerprint density at radius 3 is 1.15 bits per heavy atom. The van der Waals surface area contributed by atoms with E-state index in [0.29, 0.717) is 17.5 Å². The first kappa shape index (κ1) is 43.7. The van der Waals surface area contributed by atoms with Gasteiger partial charge < -0.3 is 8.98 Å². The Hall–Kier alpha value is -9.28. The van der Waals surface area contributed by atoms with Gasteiger partial charge in [-0.15, -0.1) is 0 Å². The van der Waals surface area contributed by atoms with Crippen molar-refractivity contribution >= 4 is 55.8 Å². The molecular formula is C67H44N3O2P. The van der Waals surface area contributed by atoms with E-state index in [1.165, 1.54) is 0 Å². The molecule has 0 aliphatic rings. The van der Waals surface area contributed by atoms with Crippen molar-refractivity contribution in [1.29, 1.82) is 0 Å². The number of rotatable bonds is 10. The average Bonchev–Trinajstić information content (AvgIpc) is 3.87. The Bertz CT molecular complexity index is 4020. The van der Waals surface area contributed by atoms with Gasteiger partial charge in [-0.25, -0.2) is 15.0 Å². The largest absolute Gasteiger partial charge is 0.455 e. The third kappa shape index (κ3) is 8.03. The summed E-state index contributed by atoms with van der Waals surface area (Å²) in [4.78, 5) is 15.3. The van der Waals surface area contributed by atoms with E-state index in [1.54, 1.807) is 0 Å². The van der Waals surface area contributed by atoms with Gasteiger partial charge in [-0.1, -0.05) is 255 Å². The number of benzene rings is 11. The molecule has 344 valence electrons. The summed E-state index contributed by atoms with van der Waals surface area (Å²) in [6.45, 7) is 0. The number of hydrogen-bond donors (Lipinski definition) is 0. The fourth-order valence-corrected chi connectivity index (χ4v) is 12.8. The fourth-order valence-electron chi connectivity index (χ4n) is 10.1. The van der Waals surface area contributed by atoms with Crippen LogP contribution in [0.15, 0.2) is 271 Å².